The maximum Gasteiger partial charge on any atom is 0.133 e. The van der Waals surface area contributed by atoms with Crippen LogP contribution in [0.15, 0.2) is 12.2 Å². The van der Waals surface area contributed by atoms with Gasteiger partial charge in [0.25, 0.3) is 0 Å². The molecule has 1 fully saturated rings. The van der Waals surface area contributed by atoms with Crippen LogP contribution in [0, 0.1) is 5.92 Å². The molecule has 0 aromatic heterocycles. The van der Waals surface area contributed by atoms with Crippen LogP contribution in [0.1, 0.15) is 51.9 Å². The van der Waals surface area contributed by atoms with Crippen LogP contribution in [0.3, 0.4) is 0 Å². The highest BCUT2D eigenvalue weighted by Gasteiger charge is 2.16. The molecule has 1 aliphatic carbocycles. The summed E-state index contributed by atoms with van der Waals surface area (Å²) in [4.78, 5) is 11.1. The molecular weight excluding hydrogens is 160 g/mol. The molecule has 1 saturated carbocycles. The predicted molar refractivity (Wildman–Crippen MR) is 55.6 cm³/mol. The molecule has 0 aromatic rings. The summed E-state index contributed by atoms with van der Waals surface area (Å²) in [5, 5.41) is 0. The van der Waals surface area contributed by atoms with Gasteiger partial charge in [-0.15, -0.1) is 0 Å². The minimum atomic E-state index is 0.455. The number of hydrogen-bond acceptors (Lipinski definition) is 1. The van der Waals surface area contributed by atoms with E-state index in [9.17, 15) is 4.79 Å². The third kappa shape index (κ3) is 4.25. The average molecular weight is 180 g/mol. The predicted octanol–water partition coefficient (Wildman–Crippen LogP) is 3.49. The first kappa shape index (κ1) is 10.5. The molecular formula is C12H20O. The lowest BCUT2D eigenvalue weighted by Crippen LogP contribution is -2.12. The number of carbonyl (C=O) groups is 1. The maximum absolute atomic E-state index is 11.1. The second-order valence-corrected chi connectivity index (χ2v) is 3.97. The summed E-state index contributed by atoms with van der Waals surface area (Å²) in [6, 6.07) is 0. The molecule has 0 N–H and O–H groups in total. The van der Waals surface area contributed by atoms with Crippen molar-refractivity contribution in [2.45, 2.75) is 51.9 Å². The van der Waals surface area contributed by atoms with E-state index in [-0.39, 0.29) is 0 Å². The Bertz CT molecular complexity index is 182. The summed E-state index contributed by atoms with van der Waals surface area (Å²) < 4.78 is 0. The Morgan fingerprint density at radius 3 is 3.08 bits per heavy atom. The number of unbranched alkanes of at least 4 members (excludes halogenated alkanes) is 2. The molecule has 1 unspecified atom stereocenters. The van der Waals surface area contributed by atoms with Gasteiger partial charge in [-0.05, 0) is 25.2 Å². The van der Waals surface area contributed by atoms with Gasteiger partial charge in [-0.2, -0.15) is 0 Å². The van der Waals surface area contributed by atoms with E-state index in [0.717, 1.165) is 19.3 Å². The van der Waals surface area contributed by atoms with Crippen LogP contribution in [0.5, 0.6) is 0 Å². The first-order valence-corrected chi connectivity index (χ1v) is 5.51. The smallest absolute Gasteiger partial charge is 0.133 e. The van der Waals surface area contributed by atoms with Gasteiger partial charge < -0.3 is 0 Å². The molecule has 0 bridgehead atoms. The maximum atomic E-state index is 11.1. The largest absolute Gasteiger partial charge is 0.300 e. The number of ketones is 1. The fourth-order valence-electron chi connectivity index (χ4n) is 1.83. The van der Waals surface area contributed by atoms with E-state index >= 15 is 0 Å². The van der Waals surface area contributed by atoms with Gasteiger partial charge in [-0.3, -0.25) is 4.79 Å². The van der Waals surface area contributed by atoms with E-state index in [2.05, 4.69) is 19.1 Å². The van der Waals surface area contributed by atoms with Gasteiger partial charge in [0.2, 0.25) is 0 Å². The third-order valence-electron chi connectivity index (χ3n) is 2.65. The van der Waals surface area contributed by atoms with Gasteiger partial charge in [0, 0.05) is 12.8 Å². The highest BCUT2D eigenvalue weighted by atomic mass is 16.1. The highest BCUT2D eigenvalue weighted by molar-refractivity contribution is 5.79. The quantitative estimate of drug-likeness (QED) is 0.478. The SMILES string of the molecule is CCCC/C=C/C1CCCC(=O)C1. The second kappa shape index (κ2) is 5.95. The van der Waals surface area contributed by atoms with E-state index in [1.165, 1.54) is 25.7 Å². The Morgan fingerprint density at radius 1 is 1.54 bits per heavy atom. The van der Waals surface area contributed by atoms with E-state index in [1.54, 1.807) is 0 Å². The Labute approximate surface area is 81.2 Å². The molecule has 0 heterocycles. The summed E-state index contributed by atoms with van der Waals surface area (Å²) in [7, 11) is 0. The van der Waals surface area contributed by atoms with Crippen molar-refractivity contribution in [1.82, 2.24) is 0 Å². The van der Waals surface area contributed by atoms with Crippen molar-refractivity contribution in [1.29, 1.82) is 0 Å². The first-order chi connectivity index (χ1) is 6.33. The lowest BCUT2D eigenvalue weighted by Gasteiger charge is -2.16. The molecule has 1 atom stereocenters. The van der Waals surface area contributed by atoms with Crippen molar-refractivity contribution < 1.29 is 4.79 Å². The number of carbonyl (C=O) groups excluding carboxylic acids is 1. The second-order valence-electron chi connectivity index (χ2n) is 3.97. The molecule has 1 heteroatoms. The van der Waals surface area contributed by atoms with Gasteiger partial charge >= 0.3 is 0 Å². The van der Waals surface area contributed by atoms with E-state index in [1.807, 2.05) is 0 Å². The van der Waals surface area contributed by atoms with Crippen molar-refractivity contribution >= 4 is 5.78 Å². The fraction of sp³-hybridized carbons (Fsp3) is 0.750. The van der Waals surface area contributed by atoms with E-state index < -0.39 is 0 Å². The average Bonchev–Trinajstić information content (AvgIpc) is 2.13. The van der Waals surface area contributed by atoms with E-state index in [4.69, 9.17) is 0 Å². The zero-order chi connectivity index (χ0) is 9.52. The highest BCUT2D eigenvalue weighted by Crippen LogP contribution is 2.22. The van der Waals surface area contributed by atoms with Crippen molar-refractivity contribution in [2.75, 3.05) is 0 Å². The van der Waals surface area contributed by atoms with E-state index in [0.29, 0.717) is 11.7 Å². The molecule has 0 aromatic carbocycles. The summed E-state index contributed by atoms with van der Waals surface area (Å²) >= 11 is 0. The van der Waals surface area contributed by atoms with Crippen LogP contribution in [0.2, 0.25) is 0 Å². The number of Topliss-reactive ketones (excluding diaryl/α,β-unsaturated/α-hetero) is 1. The van der Waals surface area contributed by atoms with Crippen LogP contribution < -0.4 is 0 Å². The molecule has 1 aliphatic rings. The standard InChI is InChI=1S/C12H20O/c1-2-3-4-5-7-11-8-6-9-12(13)10-11/h5,7,11H,2-4,6,8-10H2,1H3/b7-5+. The van der Waals surface area contributed by atoms with Crippen molar-refractivity contribution in [2.24, 2.45) is 5.92 Å². The summed E-state index contributed by atoms with van der Waals surface area (Å²) in [6.45, 7) is 2.21. The molecule has 74 valence electrons. The Morgan fingerprint density at radius 2 is 2.38 bits per heavy atom. The van der Waals surface area contributed by atoms with Crippen molar-refractivity contribution in [3.05, 3.63) is 12.2 Å². The molecule has 0 aliphatic heterocycles. The van der Waals surface area contributed by atoms with Crippen LogP contribution >= 0.6 is 0 Å². The van der Waals surface area contributed by atoms with Gasteiger partial charge in [0.05, 0.1) is 0 Å². The van der Waals surface area contributed by atoms with Gasteiger partial charge in [0.1, 0.15) is 5.78 Å². The number of allylic oxidation sites excluding steroid dienone is 2. The van der Waals surface area contributed by atoms with Gasteiger partial charge in [-0.1, -0.05) is 31.9 Å². The van der Waals surface area contributed by atoms with Crippen molar-refractivity contribution in [3.8, 4) is 0 Å². The molecule has 0 spiro atoms. The molecule has 1 nitrogen and oxygen atoms in total. The number of hydrogen-bond donors (Lipinski definition) is 0. The zero-order valence-electron chi connectivity index (χ0n) is 8.59. The fourth-order valence-corrected chi connectivity index (χ4v) is 1.83. The van der Waals surface area contributed by atoms with Crippen molar-refractivity contribution in [3.63, 3.8) is 0 Å². The molecule has 0 saturated heterocycles. The third-order valence-corrected chi connectivity index (χ3v) is 2.65. The lowest BCUT2D eigenvalue weighted by molar-refractivity contribution is -0.121. The lowest BCUT2D eigenvalue weighted by atomic mass is 9.88. The summed E-state index contributed by atoms with van der Waals surface area (Å²) in [5.41, 5.74) is 0. The van der Waals surface area contributed by atoms with Crippen LogP contribution in [-0.4, -0.2) is 5.78 Å². The number of rotatable bonds is 4. The zero-order valence-corrected chi connectivity index (χ0v) is 8.59. The van der Waals surface area contributed by atoms with Gasteiger partial charge in [-0.25, -0.2) is 0 Å². The Balaban J connectivity index is 2.19. The topological polar surface area (TPSA) is 17.1 Å². The van der Waals surface area contributed by atoms with Gasteiger partial charge in [0.15, 0.2) is 0 Å². The van der Waals surface area contributed by atoms with Crippen LogP contribution in [-0.2, 0) is 4.79 Å². The van der Waals surface area contributed by atoms with Crippen LogP contribution in [0.25, 0.3) is 0 Å². The summed E-state index contributed by atoms with van der Waals surface area (Å²) in [6.07, 6.45) is 12.2. The minimum absolute atomic E-state index is 0.455. The molecule has 0 radical (unpaired) electrons. The molecule has 0 amide bonds. The normalized spacial score (nSPS) is 24.1. The first-order valence-electron chi connectivity index (χ1n) is 5.51. The summed E-state index contributed by atoms with van der Waals surface area (Å²) in [5.74, 6) is 1.01. The molecule has 1 rings (SSSR count). The molecule has 13 heavy (non-hydrogen) atoms. The minimum Gasteiger partial charge on any atom is -0.300 e. The Hall–Kier alpha value is -0.590. The van der Waals surface area contributed by atoms with Crippen LogP contribution in [0.4, 0.5) is 0 Å². The Kier molecular flexibility index (Phi) is 4.81. The monoisotopic (exact) mass is 180 g/mol.